The first kappa shape index (κ1) is 13.9. The van der Waals surface area contributed by atoms with Crippen LogP contribution in [0.2, 0.25) is 0 Å². The van der Waals surface area contributed by atoms with Gasteiger partial charge in [-0.3, -0.25) is 4.79 Å². The fourth-order valence-electron chi connectivity index (χ4n) is 2.31. The van der Waals surface area contributed by atoms with Gasteiger partial charge in [-0.1, -0.05) is 12.1 Å². The van der Waals surface area contributed by atoms with Gasteiger partial charge in [0, 0.05) is 19.8 Å². The van der Waals surface area contributed by atoms with Gasteiger partial charge in [-0.2, -0.15) is 0 Å². The highest BCUT2D eigenvalue weighted by Crippen LogP contribution is 2.24. The van der Waals surface area contributed by atoms with Gasteiger partial charge in [-0.15, -0.1) is 11.3 Å². The largest absolute Gasteiger partial charge is 0.380 e. The van der Waals surface area contributed by atoms with Gasteiger partial charge in [0.05, 0.1) is 16.8 Å². The van der Waals surface area contributed by atoms with Crippen LogP contribution in [0.4, 0.5) is 5.69 Å². The second kappa shape index (κ2) is 5.71. The topological polar surface area (TPSA) is 43.3 Å². The molecule has 0 saturated heterocycles. The lowest BCUT2D eigenvalue weighted by Gasteiger charge is -2.07. The number of anilines is 1. The van der Waals surface area contributed by atoms with Gasteiger partial charge >= 0.3 is 0 Å². The van der Waals surface area contributed by atoms with Crippen molar-refractivity contribution in [2.24, 2.45) is 7.05 Å². The summed E-state index contributed by atoms with van der Waals surface area (Å²) in [4.78, 5) is 12.4. The van der Waals surface area contributed by atoms with Gasteiger partial charge in [0.25, 0.3) is 5.91 Å². The summed E-state index contributed by atoms with van der Waals surface area (Å²) in [6, 6.07) is 11.6. The van der Waals surface area contributed by atoms with Crippen LogP contribution in [0.25, 0.3) is 10.2 Å². The number of rotatable bonds is 4. The highest BCUT2D eigenvalue weighted by atomic mass is 32.1. The minimum Gasteiger partial charge on any atom is -0.380 e. The number of ether oxygens (including phenoxy) is 1. The number of thiophene rings is 1. The first-order valence-corrected chi connectivity index (χ1v) is 7.49. The summed E-state index contributed by atoms with van der Waals surface area (Å²) in [5.41, 5.74) is 3.61. The van der Waals surface area contributed by atoms with Crippen molar-refractivity contribution < 1.29 is 9.53 Å². The third kappa shape index (κ3) is 2.70. The Morgan fingerprint density at radius 2 is 2.05 bits per heavy atom. The molecule has 108 valence electrons. The minimum atomic E-state index is -0.0969. The molecule has 0 radical (unpaired) electrons. The third-order valence-corrected chi connectivity index (χ3v) is 4.27. The van der Waals surface area contributed by atoms with Crippen molar-refractivity contribution in [2.45, 2.75) is 6.61 Å². The number of fused-ring (bicyclic) bond motifs is 1. The number of benzene rings is 1. The second-order valence-electron chi connectivity index (χ2n) is 4.84. The van der Waals surface area contributed by atoms with Crippen molar-refractivity contribution in [3.8, 4) is 0 Å². The first-order chi connectivity index (χ1) is 10.2. The molecule has 0 bridgehead atoms. The van der Waals surface area contributed by atoms with Crippen LogP contribution in [-0.2, 0) is 18.4 Å². The van der Waals surface area contributed by atoms with Crippen LogP contribution in [0, 0.1) is 0 Å². The number of aryl methyl sites for hydroxylation is 1. The smallest absolute Gasteiger partial charge is 0.272 e. The van der Waals surface area contributed by atoms with E-state index in [-0.39, 0.29) is 5.91 Å². The Hall–Kier alpha value is -2.11. The van der Waals surface area contributed by atoms with E-state index in [1.165, 1.54) is 0 Å². The number of amides is 1. The Bertz CT molecular complexity index is 771. The van der Waals surface area contributed by atoms with Crippen LogP contribution in [0.15, 0.2) is 41.8 Å². The van der Waals surface area contributed by atoms with E-state index in [2.05, 4.69) is 5.32 Å². The normalized spacial score (nSPS) is 11.0. The maximum atomic E-state index is 12.4. The Kier molecular flexibility index (Phi) is 3.77. The Morgan fingerprint density at radius 1 is 1.29 bits per heavy atom. The molecule has 1 amide bonds. The van der Waals surface area contributed by atoms with E-state index in [4.69, 9.17) is 4.74 Å². The maximum Gasteiger partial charge on any atom is 0.272 e. The molecule has 0 spiro atoms. The van der Waals surface area contributed by atoms with E-state index in [0.29, 0.717) is 12.3 Å². The molecule has 4 nitrogen and oxygen atoms in total. The summed E-state index contributed by atoms with van der Waals surface area (Å²) in [5, 5.41) is 4.95. The molecule has 0 aliphatic heterocycles. The third-order valence-electron chi connectivity index (χ3n) is 3.42. The van der Waals surface area contributed by atoms with Crippen molar-refractivity contribution >= 4 is 33.1 Å². The molecule has 0 unspecified atom stereocenters. The number of nitrogens with zero attached hydrogens (tertiary/aromatic N) is 1. The summed E-state index contributed by atoms with van der Waals surface area (Å²) in [6.45, 7) is 0.572. The molecule has 3 rings (SSSR count). The molecule has 0 aliphatic carbocycles. The van der Waals surface area contributed by atoms with Crippen LogP contribution in [-0.4, -0.2) is 17.6 Å². The average molecular weight is 300 g/mol. The molecule has 0 atom stereocenters. The fourth-order valence-corrected chi connectivity index (χ4v) is 3.16. The average Bonchev–Trinajstić information content (AvgIpc) is 3.05. The number of carbonyl (C=O) groups excluding carboxylic acids is 1. The standard InChI is InChI=1S/C16H16N2O2S/c1-18-13-7-8-21-15(13)9-14(18)16(19)17-12-5-3-11(4-6-12)10-20-2/h3-9H,10H2,1-2H3,(H,17,19). The molecule has 0 saturated carbocycles. The Morgan fingerprint density at radius 3 is 2.71 bits per heavy atom. The molecule has 2 heterocycles. The van der Waals surface area contributed by atoms with E-state index < -0.39 is 0 Å². The molecule has 3 aromatic rings. The van der Waals surface area contributed by atoms with Crippen LogP contribution in [0.1, 0.15) is 16.1 Å². The summed E-state index contributed by atoms with van der Waals surface area (Å²) >= 11 is 1.64. The van der Waals surface area contributed by atoms with Gasteiger partial charge in [0.1, 0.15) is 5.69 Å². The Balaban J connectivity index is 1.79. The van der Waals surface area contributed by atoms with E-state index >= 15 is 0 Å². The van der Waals surface area contributed by atoms with Crippen molar-refractivity contribution in [3.05, 3.63) is 53.0 Å². The second-order valence-corrected chi connectivity index (χ2v) is 5.79. The lowest BCUT2D eigenvalue weighted by atomic mass is 10.2. The molecule has 1 aromatic carbocycles. The zero-order valence-electron chi connectivity index (χ0n) is 11.9. The van der Waals surface area contributed by atoms with E-state index in [9.17, 15) is 4.79 Å². The Labute approximate surface area is 127 Å². The molecular formula is C16H16N2O2S. The maximum absolute atomic E-state index is 12.4. The van der Waals surface area contributed by atoms with Gasteiger partial charge < -0.3 is 14.6 Å². The molecular weight excluding hydrogens is 284 g/mol. The van der Waals surface area contributed by atoms with Gasteiger partial charge in [-0.05, 0) is 35.2 Å². The number of nitrogens with one attached hydrogen (secondary N) is 1. The quantitative estimate of drug-likeness (QED) is 0.799. The van der Waals surface area contributed by atoms with E-state index in [1.54, 1.807) is 18.4 Å². The summed E-state index contributed by atoms with van der Waals surface area (Å²) in [5.74, 6) is -0.0969. The summed E-state index contributed by atoms with van der Waals surface area (Å²) < 4.78 is 8.11. The summed E-state index contributed by atoms with van der Waals surface area (Å²) in [7, 11) is 3.57. The van der Waals surface area contributed by atoms with Crippen molar-refractivity contribution in [3.63, 3.8) is 0 Å². The number of carbonyl (C=O) groups is 1. The summed E-state index contributed by atoms with van der Waals surface area (Å²) in [6.07, 6.45) is 0. The van der Waals surface area contributed by atoms with Gasteiger partial charge in [0.15, 0.2) is 0 Å². The lowest BCUT2D eigenvalue weighted by Crippen LogP contribution is -2.15. The molecule has 0 fully saturated rings. The fraction of sp³-hybridized carbons (Fsp3) is 0.188. The number of aromatic nitrogens is 1. The van der Waals surface area contributed by atoms with Gasteiger partial charge in [0.2, 0.25) is 0 Å². The lowest BCUT2D eigenvalue weighted by molar-refractivity contribution is 0.102. The zero-order valence-corrected chi connectivity index (χ0v) is 12.7. The molecule has 0 aliphatic rings. The predicted molar refractivity (Wildman–Crippen MR) is 85.9 cm³/mol. The van der Waals surface area contributed by atoms with Crippen LogP contribution in [0.3, 0.4) is 0 Å². The number of hydrogen-bond donors (Lipinski definition) is 1. The molecule has 1 N–H and O–H groups in total. The monoisotopic (exact) mass is 300 g/mol. The highest BCUT2D eigenvalue weighted by Gasteiger charge is 2.14. The van der Waals surface area contributed by atoms with Crippen LogP contribution < -0.4 is 5.32 Å². The zero-order chi connectivity index (χ0) is 14.8. The van der Waals surface area contributed by atoms with E-state index in [0.717, 1.165) is 21.5 Å². The van der Waals surface area contributed by atoms with Crippen molar-refractivity contribution in [1.82, 2.24) is 4.57 Å². The highest BCUT2D eigenvalue weighted by molar-refractivity contribution is 7.17. The molecule has 5 heteroatoms. The van der Waals surface area contributed by atoms with Crippen molar-refractivity contribution in [1.29, 1.82) is 0 Å². The number of hydrogen-bond acceptors (Lipinski definition) is 3. The predicted octanol–water partition coefficient (Wildman–Crippen LogP) is 3.64. The number of methoxy groups -OCH3 is 1. The molecule has 2 aromatic heterocycles. The SMILES string of the molecule is COCc1ccc(NC(=O)c2cc3sccc3n2C)cc1. The first-order valence-electron chi connectivity index (χ1n) is 6.61. The van der Waals surface area contributed by atoms with Crippen LogP contribution in [0.5, 0.6) is 0 Å². The van der Waals surface area contributed by atoms with E-state index in [1.807, 2.05) is 53.4 Å². The molecule has 21 heavy (non-hydrogen) atoms. The van der Waals surface area contributed by atoms with Crippen LogP contribution >= 0.6 is 11.3 Å². The van der Waals surface area contributed by atoms with Crippen molar-refractivity contribution in [2.75, 3.05) is 12.4 Å². The van der Waals surface area contributed by atoms with Gasteiger partial charge in [-0.25, -0.2) is 0 Å². The minimum absolute atomic E-state index is 0.0969.